The Balaban J connectivity index is 1.10. The number of anilines is 1. The van der Waals surface area contributed by atoms with Crippen molar-refractivity contribution >= 4 is 49.5 Å². The summed E-state index contributed by atoms with van der Waals surface area (Å²) in [6.07, 6.45) is 10.8. The largest absolute Gasteiger partial charge is 0.361 e. The first-order chi connectivity index (χ1) is 25.3. The van der Waals surface area contributed by atoms with Crippen LogP contribution in [0.3, 0.4) is 0 Å². The number of fused-ring (bicyclic) bond motifs is 13. The molecule has 2 heteroatoms. The van der Waals surface area contributed by atoms with Crippen molar-refractivity contribution in [2.24, 2.45) is 0 Å². The Morgan fingerprint density at radius 2 is 1.25 bits per heavy atom. The van der Waals surface area contributed by atoms with Crippen molar-refractivity contribution in [2.75, 3.05) is 5.32 Å². The summed E-state index contributed by atoms with van der Waals surface area (Å²) in [6.45, 7) is 0. The highest BCUT2D eigenvalue weighted by Gasteiger charge is 2.53. The molecular weight excluding hydrogens is 635 g/mol. The summed E-state index contributed by atoms with van der Waals surface area (Å²) in [5.41, 5.74) is 13.7. The summed E-state index contributed by atoms with van der Waals surface area (Å²) in [7, 11) is 0. The maximum Gasteiger partial charge on any atom is 0.0820 e. The zero-order chi connectivity index (χ0) is 33.8. The molecule has 1 heterocycles. The van der Waals surface area contributed by atoms with Gasteiger partial charge < -0.3 is 5.32 Å². The van der Waals surface area contributed by atoms with Crippen LogP contribution in [0.25, 0.3) is 54.8 Å². The van der Waals surface area contributed by atoms with Gasteiger partial charge in [-0.05, 0) is 79.6 Å². The lowest BCUT2D eigenvalue weighted by atomic mass is 9.74. The summed E-state index contributed by atoms with van der Waals surface area (Å²) in [6, 6.07) is 59.5. The lowest BCUT2D eigenvalue weighted by Crippen LogP contribution is -2.24. The molecule has 8 aromatic rings. The van der Waals surface area contributed by atoms with E-state index in [1.807, 2.05) is 11.3 Å². The molecule has 10 rings (SSSR count). The summed E-state index contributed by atoms with van der Waals surface area (Å²) >= 11 is 1.95. The zero-order valence-electron chi connectivity index (χ0n) is 27.9. The van der Waals surface area contributed by atoms with Gasteiger partial charge in [-0.2, -0.15) is 0 Å². The average molecular weight is 668 g/mol. The van der Waals surface area contributed by atoms with Crippen LogP contribution in [0.5, 0.6) is 0 Å². The van der Waals surface area contributed by atoms with Crippen LogP contribution in [0.2, 0.25) is 0 Å². The molecule has 0 fully saturated rings. The van der Waals surface area contributed by atoms with Crippen molar-refractivity contribution in [3.8, 4) is 22.3 Å². The van der Waals surface area contributed by atoms with Gasteiger partial charge in [0.05, 0.1) is 5.41 Å². The van der Waals surface area contributed by atoms with Gasteiger partial charge in [0.25, 0.3) is 0 Å². The molecule has 2 aliphatic rings. The van der Waals surface area contributed by atoms with E-state index in [0.29, 0.717) is 0 Å². The third-order valence-corrected chi connectivity index (χ3v) is 11.8. The van der Waals surface area contributed by atoms with Crippen molar-refractivity contribution in [3.63, 3.8) is 0 Å². The SMILES string of the molecule is C(=C/c1ccccc1)/C(=C\C=C\Nc1cccc2c1-c1c(sc3ccccc13)C21c2ccccc2-c2ccccc21)c1ccc2ccccc2c1. The number of benzene rings is 7. The number of thiophene rings is 1. The molecule has 240 valence electrons. The maximum atomic E-state index is 3.76. The smallest absolute Gasteiger partial charge is 0.0820 e. The molecule has 0 amide bonds. The molecule has 51 heavy (non-hydrogen) atoms. The summed E-state index contributed by atoms with van der Waals surface area (Å²) in [5.74, 6) is 0. The monoisotopic (exact) mass is 667 g/mol. The fraction of sp³-hybridized carbons (Fsp3) is 0.0204. The number of hydrogen-bond acceptors (Lipinski definition) is 2. The molecule has 1 nitrogen and oxygen atoms in total. The third kappa shape index (κ3) is 4.61. The van der Waals surface area contributed by atoms with Crippen LogP contribution in [0, 0.1) is 0 Å². The van der Waals surface area contributed by atoms with Crippen LogP contribution >= 0.6 is 11.3 Å². The minimum absolute atomic E-state index is 0.353. The molecule has 0 radical (unpaired) electrons. The second-order valence-electron chi connectivity index (χ2n) is 13.3. The van der Waals surface area contributed by atoms with E-state index in [-0.39, 0.29) is 5.41 Å². The maximum absolute atomic E-state index is 3.76. The van der Waals surface area contributed by atoms with E-state index in [2.05, 4.69) is 200 Å². The predicted molar refractivity (Wildman–Crippen MR) is 218 cm³/mol. The third-order valence-electron chi connectivity index (χ3n) is 10.6. The molecule has 0 saturated heterocycles. The standard InChI is InChI=1S/C49H33NS/c1-2-14-33(15-3-1)27-28-35(37-30-29-34-16-4-5-17-36(34)32-37)18-13-31-50-44-25-12-24-43-47(44)46-40-21-8-11-26-45(40)51-48(46)49(43)41-22-9-6-19-38(41)39-20-7-10-23-42(39)49/h1-32,50H/b28-27-,31-13+,35-18+. The minimum atomic E-state index is -0.353. The number of rotatable bonds is 6. The first-order valence-electron chi connectivity index (χ1n) is 17.5. The van der Waals surface area contributed by atoms with Gasteiger partial charge in [-0.25, -0.2) is 0 Å². The molecule has 1 spiro atoms. The molecular formula is C49H33NS. The van der Waals surface area contributed by atoms with Crippen LogP contribution in [-0.4, -0.2) is 0 Å². The molecule has 1 aromatic heterocycles. The molecule has 0 atom stereocenters. The Hall–Kier alpha value is -6.22. The van der Waals surface area contributed by atoms with E-state index in [0.717, 1.165) is 11.3 Å². The van der Waals surface area contributed by atoms with Gasteiger partial charge in [0, 0.05) is 38.0 Å². The van der Waals surface area contributed by atoms with E-state index in [9.17, 15) is 0 Å². The molecule has 0 unspecified atom stereocenters. The first kappa shape index (κ1) is 29.7. The van der Waals surface area contributed by atoms with Gasteiger partial charge in [0.1, 0.15) is 0 Å². The molecule has 0 aliphatic heterocycles. The summed E-state index contributed by atoms with van der Waals surface area (Å²) in [5, 5.41) is 7.56. The van der Waals surface area contributed by atoms with Crippen molar-refractivity contribution in [3.05, 3.63) is 221 Å². The highest BCUT2D eigenvalue weighted by Crippen LogP contribution is 2.66. The topological polar surface area (TPSA) is 12.0 Å². The van der Waals surface area contributed by atoms with Crippen molar-refractivity contribution in [1.29, 1.82) is 0 Å². The van der Waals surface area contributed by atoms with Gasteiger partial charge in [-0.1, -0.05) is 164 Å². The van der Waals surface area contributed by atoms with Crippen LogP contribution in [0.1, 0.15) is 32.7 Å². The Morgan fingerprint density at radius 1 is 0.569 bits per heavy atom. The lowest BCUT2D eigenvalue weighted by Gasteiger charge is -2.29. The van der Waals surface area contributed by atoms with E-state index < -0.39 is 0 Å². The zero-order valence-corrected chi connectivity index (χ0v) is 28.7. The molecule has 0 bridgehead atoms. The number of hydrogen-bond donors (Lipinski definition) is 1. The quantitative estimate of drug-likeness (QED) is 0.174. The van der Waals surface area contributed by atoms with E-state index in [4.69, 9.17) is 0 Å². The van der Waals surface area contributed by atoms with Gasteiger partial charge in [0.15, 0.2) is 0 Å². The second-order valence-corrected chi connectivity index (χ2v) is 14.4. The highest BCUT2D eigenvalue weighted by molar-refractivity contribution is 7.20. The van der Waals surface area contributed by atoms with Crippen LogP contribution in [-0.2, 0) is 5.41 Å². The number of nitrogens with one attached hydrogen (secondary N) is 1. The van der Waals surface area contributed by atoms with Crippen molar-refractivity contribution in [2.45, 2.75) is 5.41 Å². The van der Waals surface area contributed by atoms with E-state index in [1.54, 1.807) is 0 Å². The Bertz CT molecular complexity index is 2680. The minimum Gasteiger partial charge on any atom is -0.361 e. The van der Waals surface area contributed by atoms with Gasteiger partial charge in [-0.3, -0.25) is 0 Å². The van der Waals surface area contributed by atoms with Gasteiger partial charge in [0.2, 0.25) is 0 Å². The fourth-order valence-corrected chi connectivity index (χ4v) is 9.80. The highest BCUT2D eigenvalue weighted by atomic mass is 32.1. The van der Waals surface area contributed by atoms with Crippen molar-refractivity contribution in [1.82, 2.24) is 0 Å². The Labute approximate surface area is 302 Å². The number of allylic oxidation sites excluding steroid dienone is 4. The van der Waals surface area contributed by atoms with Crippen LogP contribution < -0.4 is 5.32 Å². The molecule has 2 aliphatic carbocycles. The van der Waals surface area contributed by atoms with Crippen LogP contribution in [0.4, 0.5) is 5.69 Å². The van der Waals surface area contributed by atoms with Crippen molar-refractivity contribution < 1.29 is 0 Å². The normalized spacial score (nSPS) is 14.0. The first-order valence-corrected chi connectivity index (χ1v) is 18.3. The lowest BCUT2D eigenvalue weighted by molar-refractivity contribution is 0.812. The Kier molecular flexibility index (Phi) is 6.97. The second kappa shape index (κ2) is 12.0. The van der Waals surface area contributed by atoms with E-state index in [1.165, 1.54) is 75.8 Å². The molecule has 0 saturated carbocycles. The summed E-state index contributed by atoms with van der Waals surface area (Å²) in [4.78, 5) is 1.42. The van der Waals surface area contributed by atoms with Gasteiger partial charge in [-0.15, -0.1) is 11.3 Å². The predicted octanol–water partition coefficient (Wildman–Crippen LogP) is 13.1. The summed E-state index contributed by atoms with van der Waals surface area (Å²) < 4.78 is 1.33. The molecule has 7 aromatic carbocycles. The average Bonchev–Trinajstić information content (AvgIpc) is 3.82. The van der Waals surface area contributed by atoms with Gasteiger partial charge >= 0.3 is 0 Å². The van der Waals surface area contributed by atoms with Crippen LogP contribution in [0.15, 0.2) is 188 Å². The molecule has 1 N–H and O–H groups in total. The fourth-order valence-electron chi connectivity index (χ4n) is 8.36. The Morgan fingerprint density at radius 3 is 2.08 bits per heavy atom. The van der Waals surface area contributed by atoms with E-state index >= 15 is 0 Å².